The van der Waals surface area contributed by atoms with Gasteiger partial charge >= 0.3 is 0 Å². The summed E-state index contributed by atoms with van der Waals surface area (Å²) < 4.78 is 2.14. The number of benzene rings is 3. The highest BCUT2D eigenvalue weighted by Crippen LogP contribution is 2.30. The van der Waals surface area contributed by atoms with E-state index in [9.17, 15) is 9.59 Å². The summed E-state index contributed by atoms with van der Waals surface area (Å²) in [5.74, 6) is 0.230. The second-order valence-electron chi connectivity index (χ2n) is 8.84. The number of carbonyl (C=O) groups excluding carboxylic acids is 2. The molecule has 4 rings (SSSR count). The molecule has 6 heteroatoms. The van der Waals surface area contributed by atoms with Crippen LogP contribution in [0.15, 0.2) is 71.8 Å². The Balaban J connectivity index is 1.39. The summed E-state index contributed by atoms with van der Waals surface area (Å²) in [6.45, 7) is 9.27. The summed E-state index contributed by atoms with van der Waals surface area (Å²) >= 11 is 1.53. The number of hydrogen-bond acceptors (Lipinski definition) is 3. The minimum Gasteiger partial charge on any atom is -0.350 e. The Morgan fingerprint density at radius 2 is 1.69 bits per heavy atom. The lowest BCUT2D eigenvalue weighted by atomic mass is 10.1. The number of rotatable bonds is 8. The fraction of sp³-hybridized carbons (Fsp3) is 0.241. The van der Waals surface area contributed by atoms with Gasteiger partial charge in [-0.15, -0.1) is 11.8 Å². The third-order valence-electron chi connectivity index (χ3n) is 6.40. The molecule has 0 unspecified atom stereocenters. The molecule has 5 nitrogen and oxygen atoms in total. The van der Waals surface area contributed by atoms with Crippen molar-refractivity contribution in [2.45, 2.75) is 39.1 Å². The fourth-order valence-electron chi connectivity index (χ4n) is 4.00. The van der Waals surface area contributed by atoms with E-state index < -0.39 is 0 Å². The zero-order chi connectivity index (χ0) is 24.9. The molecule has 1 heterocycles. The quantitative estimate of drug-likeness (QED) is 0.299. The van der Waals surface area contributed by atoms with Crippen LogP contribution < -0.4 is 10.6 Å². The number of fused-ring (bicyclic) bond motifs is 1. The Labute approximate surface area is 210 Å². The number of nitrogens with zero attached hydrogens (tertiary/aromatic N) is 1. The first-order chi connectivity index (χ1) is 16.8. The predicted molar refractivity (Wildman–Crippen MR) is 145 cm³/mol. The van der Waals surface area contributed by atoms with E-state index >= 15 is 0 Å². The normalized spacial score (nSPS) is 11.0. The molecule has 0 bridgehead atoms. The van der Waals surface area contributed by atoms with Crippen molar-refractivity contribution in [3.8, 4) is 0 Å². The summed E-state index contributed by atoms with van der Waals surface area (Å²) in [5, 5.41) is 7.17. The minimum atomic E-state index is -0.0673. The van der Waals surface area contributed by atoms with Crippen molar-refractivity contribution in [1.29, 1.82) is 0 Å². The largest absolute Gasteiger partial charge is 0.350 e. The van der Waals surface area contributed by atoms with Gasteiger partial charge in [0.2, 0.25) is 5.91 Å². The summed E-state index contributed by atoms with van der Waals surface area (Å²) in [4.78, 5) is 26.3. The second kappa shape index (κ2) is 10.8. The molecule has 0 aliphatic carbocycles. The van der Waals surface area contributed by atoms with E-state index in [1.54, 1.807) is 0 Å². The highest BCUT2D eigenvalue weighted by molar-refractivity contribution is 8.00. The van der Waals surface area contributed by atoms with Crippen molar-refractivity contribution in [1.82, 2.24) is 9.88 Å². The van der Waals surface area contributed by atoms with E-state index in [2.05, 4.69) is 33.5 Å². The van der Waals surface area contributed by atoms with Crippen LogP contribution in [-0.2, 0) is 11.3 Å². The SMILES string of the molecule is Cc1ccc(C(=O)NCCn2cc(SCC(=O)Nc3cccc(C)c3C)c3ccccc32)cc1C. The van der Waals surface area contributed by atoms with Crippen LogP contribution >= 0.6 is 11.8 Å². The molecule has 0 saturated carbocycles. The topological polar surface area (TPSA) is 63.1 Å². The van der Waals surface area contributed by atoms with Crippen molar-refractivity contribution in [3.63, 3.8) is 0 Å². The first-order valence-corrected chi connectivity index (χ1v) is 12.7. The molecule has 180 valence electrons. The number of carbonyl (C=O) groups is 2. The van der Waals surface area contributed by atoms with Crippen LogP contribution in [0.25, 0.3) is 10.9 Å². The van der Waals surface area contributed by atoms with Crippen LogP contribution in [0.4, 0.5) is 5.69 Å². The summed E-state index contributed by atoms with van der Waals surface area (Å²) in [6.07, 6.45) is 2.07. The molecular formula is C29H31N3O2S. The van der Waals surface area contributed by atoms with Crippen molar-refractivity contribution >= 4 is 40.2 Å². The van der Waals surface area contributed by atoms with Crippen LogP contribution in [0, 0.1) is 27.7 Å². The smallest absolute Gasteiger partial charge is 0.251 e. The van der Waals surface area contributed by atoms with Gasteiger partial charge in [0.1, 0.15) is 0 Å². The Morgan fingerprint density at radius 1 is 0.886 bits per heavy atom. The average Bonchev–Trinajstić information content (AvgIpc) is 3.20. The fourth-order valence-corrected chi connectivity index (χ4v) is 4.89. The van der Waals surface area contributed by atoms with Gasteiger partial charge < -0.3 is 15.2 Å². The van der Waals surface area contributed by atoms with E-state index in [0.717, 1.165) is 38.2 Å². The maximum atomic E-state index is 12.6. The van der Waals surface area contributed by atoms with Crippen molar-refractivity contribution in [2.24, 2.45) is 0 Å². The molecule has 0 aliphatic heterocycles. The van der Waals surface area contributed by atoms with E-state index in [1.165, 1.54) is 17.3 Å². The summed E-state index contributed by atoms with van der Waals surface area (Å²) in [7, 11) is 0. The zero-order valence-corrected chi connectivity index (χ0v) is 21.5. The third kappa shape index (κ3) is 5.77. The number of aromatic nitrogens is 1. The average molecular weight is 486 g/mol. The number of aryl methyl sites for hydroxylation is 3. The standard InChI is InChI=1S/C29H31N3O2S/c1-19-12-13-23(16-21(19)3)29(34)30-14-15-32-17-27(24-9-5-6-11-26(24)32)35-18-28(33)31-25-10-7-8-20(2)22(25)4/h5-13,16-17H,14-15,18H2,1-4H3,(H,30,34)(H,31,33). The van der Waals surface area contributed by atoms with Gasteiger partial charge in [0.25, 0.3) is 5.91 Å². The van der Waals surface area contributed by atoms with Gasteiger partial charge in [0, 0.05) is 46.3 Å². The van der Waals surface area contributed by atoms with Crippen molar-refractivity contribution in [3.05, 3.63) is 94.7 Å². The van der Waals surface area contributed by atoms with Gasteiger partial charge in [0.05, 0.1) is 5.75 Å². The molecule has 0 aliphatic rings. The van der Waals surface area contributed by atoms with Gasteiger partial charge in [-0.2, -0.15) is 0 Å². The summed E-state index contributed by atoms with van der Waals surface area (Å²) in [5.41, 5.74) is 7.15. The lowest BCUT2D eigenvalue weighted by molar-refractivity contribution is -0.113. The predicted octanol–water partition coefficient (Wildman–Crippen LogP) is 6.04. The number of nitrogens with one attached hydrogen (secondary N) is 2. The van der Waals surface area contributed by atoms with E-state index in [1.807, 2.05) is 76.2 Å². The monoisotopic (exact) mass is 485 g/mol. The molecule has 2 N–H and O–H groups in total. The zero-order valence-electron chi connectivity index (χ0n) is 20.6. The molecule has 0 atom stereocenters. The van der Waals surface area contributed by atoms with Gasteiger partial charge in [0.15, 0.2) is 0 Å². The van der Waals surface area contributed by atoms with Gasteiger partial charge in [-0.3, -0.25) is 9.59 Å². The second-order valence-corrected chi connectivity index (χ2v) is 9.86. The van der Waals surface area contributed by atoms with Crippen LogP contribution in [-0.4, -0.2) is 28.7 Å². The Hall–Kier alpha value is -3.51. The maximum Gasteiger partial charge on any atom is 0.251 e. The van der Waals surface area contributed by atoms with E-state index in [-0.39, 0.29) is 11.8 Å². The highest BCUT2D eigenvalue weighted by Gasteiger charge is 2.13. The molecule has 0 radical (unpaired) electrons. The summed E-state index contributed by atoms with van der Waals surface area (Å²) in [6, 6.07) is 19.9. The van der Waals surface area contributed by atoms with E-state index in [0.29, 0.717) is 24.4 Å². The molecule has 3 aromatic carbocycles. The maximum absolute atomic E-state index is 12.6. The molecule has 4 aromatic rings. The molecule has 1 aromatic heterocycles. The van der Waals surface area contributed by atoms with Crippen LogP contribution in [0.3, 0.4) is 0 Å². The van der Waals surface area contributed by atoms with Crippen LogP contribution in [0.1, 0.15) is 32.6 Å². The van der Waals surface area contributed by atoms with Crippen molar-refractivity contribution in [2.75, 3.05) is 17.6 Å². The minimum absolute atomic E-state index is 0.0267. The molecule has 0 fully saturated rings. The first kappa shape index (κ1) is 24.6. The Kier molecular flexibility index (Phi) is 7.61. The Morgan fingerprint density at radius 3 is 2.49 bits per heavy atom. The van der Waals surface area contributed by atoms with E-state index in [4.69, 9.17) is 0 Å². The number of para-hydroxylation sites is 1. The highest BCUT2D eigenvalue weighted by atomic mass is 32.2. The number of hydrogen-bond donors (Lipinski definition) is 2. The molecule has 35 heavy (non-hydrogen) atoms. The number of anilines is 1. The lowest BCUT2D eigenvalue weighted by Gasteiger charge is -2.10. The molecule has 0 saturated heterocycles. The first-order valence-electron chi connectivity index (χ1n) is 11.8. The van der Waals surface area contributed by atoms with Crippen LogP contribution in [0.2, 0.25) is 0 Å². The van der Waals surface area contributed by atoms with Gasteiger partial charge in [-0.05, 0) is 74.2 Å². The molecule has 2 amide bonds. The van der Waals surface area contributed by atoms with Crippen molar-refractivity contribution < 1.29 is 9.59 Å². The Bertz CT molecular complexity index is 1390. The number of amides is 2. The molecule has 0 spiro atoms. The van der Waals surface area contributed by atoms with Crippen LogP contribution in [0.5, 0.6) is 0 Å². The van der Waals surface area contributed by atoms with Gasteiger partial charge in [-0.1, -0.05) is 36.4 Å². The lowest BCUT2D eigenvalue weighted by Crippen LogP contribution is -2.27. The molecular weight excluding hydrogens is 454 g/mol. The number of thioether (sulfide) groups is 1. The third-order valence-corrected chi connectivity index (χ3v) is 7.44. The van der Waals surface area contributed by atoms with Gasteiger partial charge in [-0.25, -0.2) is 0 Å².